The number of rotatable bonds is 4. The molecule has 26 heavy (non-hydrogen) atoms. The Morgan fingerprint density at radius 1 is 1.19 bits per heavy atom. The molecule has 1 fully saturated rings. The normalized spacial score (nSPS) is 21.3. The molecule has 2 aliphatic rings. The molecule has 8 heteroatoms. The van der Waals surface area contributed by atoms with Crippen LogP contribution in [0, 0.1) is 0 Å². The van der Waals surface area contributed by atoms with E-state index in [1.54, 1.807) is 17.2 Å². The van der Waals surface area contributed by atoms with Crippen molar-refractivity contribution in [3.8, 4) is 23.3 Å². The van der Waals surface area contributed by atoms with Crippen LogP contribution in [0.1, 0.15) is 6.42 Å². The highest BCUT2D eigenvalue weighted by atomic mass is 16.6. The van der Waals surface area contributed by atoms with E-state index in [0.717, 1.165) is 0 Å². The minimum Gasteiger partial charge on any atom is -0.485 e. The van der Waals surface area contributed by atoms with E-state index >= 15 is 0 Å². The topological polar surface area (TPSA) is 83.0 Å². The molecular weight excluding hydrogens is 338 g/mol. The van der Waals surface area contributed by atoms with E-state index in [1.807, 2.05) is 18.2 Å². The molecule has 8 nitrogen and oxygen atoms in total. The number of amides is 1. The highest BCUT2D eigenvalue weighted by Gasteiger charge is 2.36. The molecule has 0 bridgehead atoms. The molecule has 0 unspecified atom stereocenters. The first kappa shape index (κ1) is 16.4. The van der Waals surface area contributed by atoms with Crippen molar-refractivity contribution in [1.82, 2.24) is 14.9 Å². The standard InChI is InChI=1S/C18H19N3O5/c1-23-16-17(20-8-7-19-16)25-12-6-9-21(10-12)18(22)15-11-24-13-4-2-3-5-14(13)26-15/h2-5,7-8,12,15H,6,9-11H2,1H3/t12-,15-/m0/s1. The number of benzene rings is 1. The van der Waals surface area contributed by atoms with Crippen LogP contribution in [0.2, 0.25) is 0 Å². The molecule has 2 atom stereocenters. The van der Waals surface area contributed by atoms with Gasteiger partial charge in [0, 0.05) is 25.4 Å². The largest absolute Gasteiger partial charge is 0.485 e. The van der Waals surface area contributed by atoms with Gasteiger partial charge in [-0.1, -0.05) is 12.1 Å². The maximum atomic E-state index is 12.7. The van der Waals surface area contributed by atoms with Crippen LogP contribution in [0.3, 0.4) is 0 Å². The summed E-state index contributed by atoms with van der Waals surface area (Å²) in [5.41, 5.74) is 0. The fourth-order valence-electron chi connectivity index (χ4n) is 3.06. The molecule has 2 aromatic rings. The molecule has 136 valence electrons. The Labute approximate surface area is 150 Å². The highest BCUT2D eigenvalue weighted by molar-refractivity contribution is 5.82. The number of aromatic nitrogens is 2. The predicted molar refractivity (Wildman–Crippen MR) is 90.6 cm³/mol. The molecule has 0 radical (unpaired) electrons. The van der Waals surface area contributed by atoms with Gasteiger partial charge >= 0.3 is 0 Å². The first-order valence-corrected chi connectivity index (χ1v) is 8.43. The number of carbonyl (C=O) groups excluding carboxylic acids is 1. The fraction of sp³-hybridized carbons (Fsp3) is 0.389. The lowest BCUT2D eigenvalue weighted by Gasteiger charge is -2.28. The monoisotopic (exact) mass is 357 g/mol. The zero-order chi connectivity index (χ0) is 17.9. The minimum atomic E-state index is -0.644. The van der Waals surface area contributed by atoms with Gasteiger partial charge in [-0.2, -0.15) is 0 Å². The lowest BCUT2D eigenvalue weighted by atomic mass is 10.2. The van der Waals surface area contributed by atoms with Crippen LogP contribution in [0.25, 0.3) is 0 Å². The number of ether oxygens (including phenoxy) is 4. The third kappa shape index (κ3) is 3.22. The van der Waals surface area contributed by atoms with Crippen LogP contribution in [0.15, 0.2) is 36.7 Å². The summed E-state index contributed by atoms with van der Waals surface area (Å²) >= 11 is 0. The van der Waals surface area contributed by atoms with Crippen LogP contribution in [-0.4, -0.2) is 59.8 Å². The zero-order valence-corrected chi connectivity index (χ0v) is 14.3. The van der Waals surface area contributed by atoms with Gasteiger partial charge in [-0.25, -0.2) is 9.97 Å². The number of hydrogen-bond acceptors (Lipinski definition) is 7. The van der Waals surface area contributed by atoms with E-state index in [2.05, 4.69) is 9.97 Å². The highest BCUT2D eigenvalue weighted by Crippen LogP contribution is 2.32. The van der Waals surface area contributed by atoms with Gasteiger partial charge in [-0.15, -0.1) is 0 Å². The van der Waals surface area contributed by atoms with Crippen molar-refractivity contribution in [1.29, 1.82) is 0 Å². The maximum absolute atomic E-state index is 12.7. The van der Waals surface area contributed by atoms with Gasteiger partial charge in [0.25, 0.3) is 17.7 Å². The quantitative estimate of drug-likeness (QED) is 0.816. The van der Waals surface area contributed by atoms with Crippen molar-refractivity contribution < 1.29 is 23.7 Å². The lowest BCUT2D eigenvalue weighted by Crippen LogP contribution is -2.46. The van der Waals surface area contributed by atoms with Gasteiger partial charge in [0.15, 0.2) is 11.5 Å². The average Bonchev–Trinajstić information content (AvgIpc) is 3.16. The van der Waals surface area contributed by atoms with Gasteiger partial charge in [0.2, 0.25) is 6.10 Å². The molecule has 2 aliphatic heterocycles. The van der Waals surface area contributed by atoms with Crippen LogP contribution >= 0.6 is 0 Å². The molecule has 0 saturated carbocycles. The van der Waals surface area contributed by atoms with E-state index in [1.165, 1.54) is 13.3 Å². The molecule has 1 amide bonds. The second-order valence-electron chi connectivity index (χ2n) is 6.05. The summed E-state index contributed by atoms with van der Waals surface area (Å²) in [5.74, 6) is 1.82. The molecule has 0 N–H and O–H groups in total. The molecule has 0 spiro atoms. The van der Waals surface area contributed by atoms with Gasteiger partial charge in [-0.05, 0) is 12.1 Å². The summed E-state index contributed by atoms with van der Waals surface area (Å²) in [6.45, 7) is 1.25. The number of carbonyl (C=O) groups is 1. The predicted octanol–water partition coefficient (Wildman–Crippen LogP) is 1.30. The molecule has 3 heterocycles. The van der Waals surface area contributed by atoms with E-state index in [0.29, 0.717) is 42.8 Å². The number of para-hydroxylation sites is 2. The van der Waals surface area contributed by atoms with Crippen molar-refractivity contribution in [2.24, 2.45) is 0 Å². The fourth-order valence-corrected chi connectivity index (χ4v) is 3.06. The van der Waals surface area contributed by atoms with Crippen LogP contribution in [0.4, 0.5) is 0 Å². The van der Waals surface area contributed by atoms with Gasteiger partial charge < -0.3 is 23.8 Å². The van der Waals surface area contributed by atoms with Gasteiger partial charge in [0.05, 0.1) is 13.7 Å². The number of nitrogens with zero attached hydrogens (tertiary/aromatic N) is 3. The Balaban J connectivity index is 1.37. The van der Waals surface area contributed by atoms with E-state index in [9.17, 15) is 4.79 Å². The first-order chi connectivity index (χ1) is 12.7. The summed E-state index contributed by atoms with van der Waals surface area (Å²) < 4.78 is 22.4. The summed E-state index contributed by atoms with van der Waals surface area (Å²) in [6.07, 6.45) is 2.97. The molecule has 4 rings (SSSR count). The molecular formula is C18H19N3O5. The van der Waals surface area contributed by atoms with Gasteiger partial charge in [-0.3, -0.25) is 4.79 Å². The summed E-state index contributed by atoms with van der Waals surface area (Å²) in [4.78, 5) is 22.7. The molecule has 1 aromatic carbocycles. The Hall–Kier alpha value is -3.03. The lowest BCUT2D eigenvalue weighted by molar-refractivity contribution is -0.140. The smallest absolute Gasteiger partial charge is 0.278 e. The summed E-state index contributed by atoms with van der Waals surface area (Å²) in [7, 11) is 1.51. The third-order valence-electron chi connectivity index (χ3n) is 4.35. The number of hydrogen-bond donors (Lipinski definition) is 0. The Morgan fingerprint density at radius 3 is 2.77 bits per heavy atom. The SMILES string of the molecule is COc1nccnc1O[C@H]1CCN(C(=O)[C@@H]2COc3ccccc3O2)C1. The van der Waals surface area contributed by atoms with Gasteiger partial charge in [0.1, 0.15) is 12.7 Å². The number of fused-ring (bicyclic) bond motifs is 1. The molecule has 0 aliphatic carbocycles. The van der Waals surface area contributed by atoms with Crippen molar-refractivity contribution in [2.75, 3.05) is 26.8 Å². The second-order valence-corrected chi connectivity index (χ2v) is 6.05. The van der Waals surface area contributed by atoms with E-state index in [-0.39, 0.29) is 18.6 Å². The maximum Gasteiger partial charge on any atom is 0.278 e. The van der Waals surface area contributed by atoms with Crippen molar-refractivity contribution in [3.05, 3.63) is 36.7 Å². The van der Waals surface area contributed by atoms with Crippen molar-refractivity contribution >= 4 is 5.91 Å². The molecule has 1 aromatic heterocycles. The Kier molecular flexibility index (Phi) is 4.47. The average molecular weight is 357 g/mol. The van der Waals surface area contributed by atoms with E-state index < -0.39 is 6.10 Å². The Morgan fingerprint density at radius 2 is 1.96 bits per heavy atom. The van der Waals surface area contributed by atoms with E-state index in [4.69, 9.17) is 18.9 Å². The number of likely N-dealkylation sites (tertiary alicyclic amines) is 1. The minimum absolute atomic E-state index is 0.100. The van der Waals surface area contributed by atoms with Crippen molar-refractivity contribution in [2.45, 2.75) is 18.6 Å². The molecule has 1 saturated heterocycles. The number of methoxy groups -OCH3 is 1. The summed E-state index contributed by atoms with van der Waals surface area (Å²) in [6, 6.07) is 7.34. The zero-order valence-electron chi connectivity index (χ0n) is 14.3. The first-order valence-electron chi connectivity index (χ1n) is 8.43. The van der Waals surface area contributed by atoms with Crippen LogP contribution in [-0.2, 0) is 4.79 Å². The van der Waals surface area contributed by atoms with Crippen LogP contribution in [0.5, 0.6) is 23.3 Å². The Bertz CT molecular complexity index is 800. The van der Waals surface area contributed by atoms with Crippen LogP contribution < -0.4 is 18.9 Å². The van der Waals surface area contributed by atoms with Crippen molar-refractivity contribution in [3.63, 3.8) is 0 Å². The summed E-state index contributed by atoms with van der Waals surface area (Å²) in [5, 5.41) is 0. The second kappa shape index (κ2) is 7.07. The third-order valence-corrected chi connectivity index (χ3v) is 4.35.